The van der Waals surface area contributed by atoms with Crippen molar-refractivity contribution in [3.63, 3.8) is 0 Å². The van der Waals surface area contributed by atoms with E-state index < -0.39 is 88.8 Å². The van der Waals surface area contributed by atoms with E-state index in [9.17, 15) is 37.7 Å². The van der Waals surface area contributed by atoms with Crippen molar-refractivity contribution in [2.45, 2.75) is 35.8 Å². The van der Waals surface area contributed by atoms with Crippen molar-refractivity contribution in [3.05, 3.63) is 34.1 Å². The van der Waals surface area contributed by atoms with Gasteiger partial charge in [-0.25, -0.2) is 9.18 Å². The second-order valence-corrected chi connectivity index (χ2v) is 8.09. The molecule has 1 spiro atoms. The lowest BCUT2D eigenvalue weighted by molar-refractivity contribution is -0.258. The number of halogens is 5. The molecule has 0 amide bonds. The number of esters is 1. The number of nitrogens with one attached hydrogen (secondary N) is 5. The second-order valence-electron chi connectivity index (χ2n) is 7.68. The van der Waals surface area contributed by atoms with E-state index in [1.54, 1.807) is 0 Å². The Morgan fingerprint density at radius 1 is 1.30 bits per heavy atom. The Hall–Kier alpha value is -2.88. The molecule has 0 radical (unpaired) electrons. The summed E-state index contributed by atoms with van der Waals surface area (Å²) in [6.45, 7) is -1.24. The van der Waals surface area contributed by atoms with Gasteiger partial charge < -0.3 is 40.9 Å². The number of carbonyl (C=O) groups is 1. The van der Waals surface area contributed by atoms with Crippen LogP contribution >= 0.6 is 11.6 Å². The third-order valence-electron chi connectivity index (χ3n) is 5.89. The van der Waals surface area contributed by atoms with Gasteiger partial charge in [-0.3, -0.25) is 10.8 Å². The first kappa shape index (κ1) is 23.3. The summed E-state index contributed by atoms with van der Waals surface area (Å²) in [6, 6.07) is -1.16. The molecule has 4 rings (SSSR count). The lowest BCUT2D eigenvalue weighted by Gasteiger charge is -2.50. The highest BCUT2D eigenvalue weighted by Gasteiger charge is 2.75. The molecule has 0 bridgehead atoms. The first-order valence-corrected chi connectivity index (χ1v) is 9.71. The number of aliphatic hydroxyl groups is 3. The number of hydrogen-bond acceptors (Lipinski definition) is 7. The van der Waals surface area contributed by atoms with Gasteiger partial charge in [-0.1, -0.05) is 11.6 Å². The van der Waals surface area contributed by atoms with Crippen molar-refractivity contribution in [2.75, 3.05) is 13.2 Å². The van der Waals surface area contributed by atoms with Crippen molar-refractivity contribution >= 4 is 29.5 Å². The summed E-state index contributed by atoms with van der Waals surface area (Å²) < 4.78 is 59.4. The van der Waals surface area contributed by atoms with Crippen LogP contribution in [0.5, 0.6) is 0 Å². The summed E-state index contributed by atoms with van der Waals surface area (Å²) in [5.41, 5.74) is -5.35. The van der Waals surface area contributed by atoms with Crippen LogP contribution in [0.25, 0.3) is 0 Å². The van der Waals surface area contributed by atoms with Gasteiger partial charge in [0.25, 0.3) is 0 Å². The van der Waals surface area contributed by atoms with E-state index in [-0.39, 0.29) is 0 Å². The van der Waals surface area contributed by atoms with Gasteiger partial charge in [0.05, 0.1) is 35.8 Å². The van der Waals surface area contributed by atoms with E-state index >= 15 is 0 Å². The maximum absolute atomic E-state index is 14.4. The largest absolute Gasteiger partial charge is 0.451 e. The molecule has 8 N–H and O–H groups in total. The van der Waals surface area contributed by atoms with Crippen LogP contribution < -0.4 is 16.0 Å². The molecule has 3 saturated heterocycles. The van der Waals surface area contributed by atoms with E-state index in [1.165, 1.54) is 0 Å². The number of guanidine groups is 2. The van der Waals surface area contributed by atoms with Crippen LogP contribution in [0.3, 0.4) is 0 Å². The summed E-state index contributed by atoms with van der Waals surface area (Å²) in [5.74, 6) is -7.56. The van der Waals surface area contributed by atoms with E-state index in [0.29, 0.717) is 12.1 Å². The first-order valence-electron chi connectivity index (χ1n) is 9.33. The fraction of sp³-hybridized carbons (Fsp3) is 0.471. The molecule has 180 valence electrons. The third-order valence-corrected chi connectivity index (χ3v) is 6.19. The zero-order valence-corrected chi connectivity index (χ0v) is 17.1. The molecule has 3 fully saturated rings. The average Bonchev–Trinajstić information content (AvgIpc) is 3.17. The Morgan fingerprint density at radius 2 is 1.97 bits per heavy atom. The van der Waals surface area contributed by atoms with Gasteiger partial charge in [-0.15, -0.1) is 0 Å². The fourth-order valence-corrected chi connectivity index (χ4v) is 4.60. The van der Waals surface area contributed by atoms with Crippen LogP contribution in [-0.2, 0) is 10.9 Å². The van der Waals surface area contributed by atoms with Gasteiger partial charge in [-0.05, 0) is 12.1 Å². The zero-order valence-electron chi connectivity index (χ0n) is 16.3. The van der Waals surface area contributed by atoms with Crippen LogP contribution in [0.4, 0.5) is 17.6 Å². The molecule has 0 saturated carbocycles. The summed E-state index contributed by atoms with van der Waals surface area (Å²) in [6.07, 6.45) is -7.16. The number of benzene rings is 1. The minimum atomic E-state index is -5.15. The summed E-state index contributed by atoms with van der Waals surface area (Å²) in [5, 5.41) is 54.4. The van der Waals surface area contributed by atoms with E-state index in [0.717, 1.165) is 4.90 Å². The zero-order chi connectivity index (χ0) is 24.5. The summed E-state index contributed by atoms with van der Waals surface area (Å²) in [7, 11) is 0. The minimum absolute atomic E-state index is 0.384. The number of aliphatic hydroxyl groups excluding tert-OH is 1. The van der Waals surface area contributed by atoms with E-state index in [4.69, 9.17) is 27.2 Å². The summed E-state index contributed by atoms with van der Waals surface area (Å²) in [4.78, 5) is 13.6. The van der Waals surface area contributed by atoms with Crippen molar-refractivity contribution in [1.82, 2.24) is 20.9 Å². The highest BCUT2D eigenvalue weighted by molar-refractivity contribution is 6.31. The molecule has 3 aliphatic rings. The number of ether oxygens (including phenoxy) is 1. The number of rotatable bonds is 3. The Bertz CT molecular complexity index is 1060. The summed E-state index contributed by atoms with van der Waals surface area (Å²) >= 11 is 5.53. The lowest BCUT2D eigenvalue weighted by atomic mass is 9.85. The SMILES string of the molecule is N=C1N[C@H]2[C@H](CO)NC(=N)N3C[C@H](OC(=O)c4c(C(F)(F)F)ccc(Cl)c4F)C(O)(O)[C@]23N1. The molecule has 3 heterocycles. The standard InChI is InChI=1S/C17H17ClF4N6O5/c18-6-2-1-5(17(20,21)22)9(10(6)19)12(30)33-8-3-28-14(24)25-7(4-29)11-15(28,16(8,31)32)27-13(23)26-11/h1-2,7-8,11,29,31-32H,3-4H2,(H2,24,25)(H3,23,26,27)/t7-,8-,11-,15-/m0/s1. The molecule has 1 aromatic carbocycles. The predicted octanol–water partition coefficient (Wildman–Crippen LogP) is -0.889. The van der Waals surface area contributed by atoms with Crippen LogP contribution in [0.1, 0.15) is 15.9 Å². The molecule has 33 heavy (non-hydrogen) atoms. The predicted molar refractivity (Wildman–Crippen MR) is 102 cm³/mol. The van der Waals surface area contributed by atoms with Gasteiger partial charge in [-0.2, -0.15) is 13.2 Å². The first-order chi connectivity index (χ1) is 15.3. The minimum Gasteiger partial charge on any atom is -0.451 e. The molecule has 1 aromatic rings. The Kier molecular flexibility index (Phi) is 5.16. The van der Waals surface area contributed by atoms with E-state index in [1.807, 2.05) is 0 Å². The number of carbonyl (C=O) groups excluding carboxylic acids is 1. The molecule has 16 heteroatoms. The van der Waals surface area contributed by atoms with Gasteiger partial charge in [0, 0.05) is 0 Å². The van der Waals surface area contributed by atoms with Crippen LogP contribution in [0, 0.1) is 16.6 Å². The lowest BCUT2D eigenvalue weighted by Crippen LogP contribution is -2.80. The molecular formula is C17H17ClF4N6O5. The Morgan fingerprint density at radius 3 is 2.58 bits per heavy atom. The normalized spacial score (nSPS) is 30.2. The van der Waals surface area contributed by atoms with E-state index in [2.05, 4.69) is 16.0 Å². The molecule has 0 unspecified atom stereocenters. The van der Waals surface area contributed by atoms with Gasteiger partial charge >= 0.3 is 12.1 Å². The molecule has 11 nitrogen and oxygen atoms in total. The monoisotopic (exact) mass is 496 g/mol. The smallest absolute Gasteiger partial charge is 0.417 e. The molecule has 0 aromatic heterocycles. The van der Waals surface area contributed by atoms with Gasteiger partial charge in [0.1, 0.15) is 5.56 Å². The maximum atomic E-state index is 14.4. The average molecular weight is 497 g/mol. The van der Waals surface area contributed by atoms with Crippen molar-refractivity contribution in [1.29, 1.82) is 10.8 Å². The molecule has 4 atom stereocenters. The van der Waals surface area contributed by atoms with Crippen molar-refractivity contribution < 1.29 is 42.4 Å². The fourth-order valence-electron chi connectivity index (χ4n) is 4.44. The molecule has 0 aliphatic carbocycles. The van der Waals surface area contributed by atoms with Gasteiger partial charge in [0.2, 0.25) is 5.79 Å². The highest BCUT2D eigenvalue weighted by Crippen LogP contribution is 2.44. The highest BCUT2D eigenvalue weighted by atomic mass is 35.5. The third kappa shape index (κ3) is 3.18. The van der Waals surface area contributed by atoms with Crippen molar-refractivity contribution in [3.8, 4) is 0 Å². The molecular weight excluding hydrogens is 480 g/mol. The van der Waals surface area contributed by atoms with Crippen LogP contribution in [0.15, 0.2) is 12.1 Å². The molecule has 3 aliphatic heterocycles. The number of hydrogen-bond donors (Lipinski definition) is 8. The Balaban J connectivity index is 1.74. The second kappa shape index (κ2) is 7.31. The van der Waals surface area contributed by atoms with Crippen molar-refractivity contribution in [2.24, 2.45) is 0 Å². The topological polar surface area (TPSA) is 174 Å². The van der Waals surface area contributed by atoms with Crippen LogP contribution in [0.2, 0.25) is 5.02 Å². The van der Waals surface area contributed by atoms with Crippen LogP contribution in [-0.4, -0.2) is 80.9 Å². The number of nitrogens with zero attached hydrogens (tertiary/aromatic N) is 1. The van der Waals surface area contributed by atoms with Gasteiger partial charge in [0.15, 0.2) is 29.5 Å². The number of alkyl halides is 3. The quantitative estimate of drug-likeness (QED) is 0.150. The Labute approximate surface area is 187 Å². The maximum Gasteiger partial charge on any atom is 0.417 e.